The van der Waals surface area contributed by atoms with Crippen LogP contribution in [0.3, 0.4) is 0 Å². The van der Waals surface area contributed by atoms with Crippen LogP contribution < -0.4 is 10.5 Å². The Morgan fingerprint density at radius 2 is 2.14 bits per heavy atom. The maximum absolute atomic E-state index is 5.69. The summed E-state index contributed by atoms with van der Waals surface area (Å²) in [6.45, 7) is 1.12. The number of hydrogen-bond donors (Lipinski definition) is 1. The highest BCUT2D eigenvalue weighted by atomic mass is 32.1. The van der Waals surface area contributed by atoms with Crippen LogP contribution in [0, 0.1) is 0 Å². The first-order valence-electron chi connectivity index (χ1n) is 6.65. The second kappa shape index (κ2) is 7.71. The minimum Gasteiger partial charge on any atom is -0.496 e. The highest BCUT2D eigenvalue weighted by molar-refractivity contribution is 7.80. The minimum absolute atomic E-state index is 0.321. The Labute approximate surface area is 129 Å². The number of rotatable bonds is 7. The van der Waals surface area contributed by atoms with E-state index in [9.17, 15) is 0 Å². The molecule has 0 unspecified atom stereocenters. The van der Waals surface area contributed by atoms with Gasteiger partial charge in [-0.25, -0.2) is 0 Å². The van der Waals surface area contributed by atoms with Crippen LogP contribution in [0.5, 0.6) is 5.75 Å². The van der Waals surface area contributed by atoms with E-state index in [-0.39, 0.29) is 0 Å². The van der Waals surface area contributed by atoms with Crippen LogP contribution in [0.4, 0.5) is 0 Å². The first kappa shape index (κ1) is 15.4. The Bertz CT molecular complexity index is 602. The molecular formula is C16H18N2O2S. The SMILES string of the molecule is COc1ccc(COCCc2ccccn2)cc1C(N)=S. The normalized spacial score (nSPS) is 10.3. The van der Waals surface area contributed by atoms with Crippen molar-refractivity contribution in [2.75, 3.05) is 13.7 Å². The van der Waals surface area contributed by atoms with E-state index in [4.69, 9.17) is 27.4 Å². The zero-order valence-electron chi connectivity index (χ0n) is 11.9. The van der Waals surface area contributed by atoms with Crippen LogP contribution in [0.15, 0.2) is 42.6 Å². The maximum Gasteiger partial charge on any atom is 0.129 e. The molecule has 0 amide bonds. The van der Waals surface area contributed by atoms with Crippen molar-refractivity contribution in [1.29, 1.82) is 0 Å². The van der Waals surface area contributed by atoms with E-state index in [0.717, 1.165) is 23.2 Å². The molecule has 110 valence electrons. The van der Waals surface area contributed by atoms with Crippen LogP contribution in [0.2, 0.25) is 0 Å². The molecule has 2 N–H and O–H groups in total. The molecule has 0 fully saturated rings. The van der Waals surface area contributed by atoms with Crippen molar-refractivity contribution in [3.05, 3.63) is 59.4 Å². The second-order valence-corrected chi connectivity index (χ2v) is 4.96. The largest absolute Gasteiger partial charge is 0.496 e. The molecule has 0 aliphatic carbocycles. The molecular weight excluding hydrogens is 284 g/mol. The quantitative estimate of drug-likeness (QED) is 0.629. The van der Waals surface area contributed by atoms with Crippen LogP contribution in [-0.4, -0.2) is 23.7 Å². The summed E-state index contributed by atoms with van der Waals surface area (Å²) in [5, 5.41) is 0. The van der Waals surface area contributed by atoms with Gasteiger partial charge in [0.2, 0.25) is 0 Å². The molecule has 21 heavy (non-hydrogen) atoms. The van der Waals surface area contributed by atoms with E-state index in [1.165, 1.54) is 0 Å². The van der Waals surface area contributed by atoms with Gasteiger partial charge in [0.25, 0.3) is 0 Å². The van der Waals surface area contributed by atoms with Gasteiger partial charge in [-0.15, -0.1) is 0 Å². The van der Waals surface area contributed by atoms with Gasteiger partial charge in [0.05, 0.1) is 25.9 Å². The van der Waals surface area contributed by atoms with Gasteiger partial charge in [-0.1, -0.05) is 24.4 Å². The minimum atomic E-state index is 0.321. The zero-order valence-corrected chi connectivity index (χ0v) is 12.7. The number of hydrogen-bond acceptors (Lipinski definition) is 4. The third kappa shape index (κ3) is 4.51. The second-order valence-electron chi connectivity index (χ2n) is 4.52. The molecule has 1 aromatic heterocycles. The van der Waals surface area contributed by atoms with Gasteiger partial charge in [0.15, 0.2) is 0 Å². The lowest BCUT2D eigenvalue weighted by Gasteiger charge is -2.10. The molecule has 0 aliphatic heterocycles. The highest BCUT2D eigenvalue weighted by Crippen LogP contribution is 2.20. The fraction of sp³-hybridized carbons (Fsp3) is 0.250. The molecule has 0 aliphatic rings. The number of benzene rings is 1. The van der Waals surface area contributed by atoms with Gasteiger partial charge in [-0.2, -0.15) is 0 Å². The Hall–Kier alpha value is -1.98. The summed E-state index contributed by atoms with van der Waals surface area (Å²) in [4.78, 5) is 4.57. The van der Waals surface area contributed by atoms with Gasteiger partial charge < -0.3 is 15.2 Å². The number of pyridine rings is 1. The standard InChI is InChI=1S/C16H18N2O2S/c1-19-15-6-5-12(10-14(15)16(17)21)11-20-9-7-13-4-2-3-8-18-13/h2-6,8,10H,7,9,11H2,1H3,(H2,17,21). The Morgan fingerprint density at radius 1 is 1.29 bits per heavy atom. The number of thiocarbonyl (C=S) groups is 1. The summed E-state index contributed by atoms with van der Waals surface area (Å²) in [5.41, 5.74) is 8.46. The molecule has 0 atom stereocenters. The molecule has 0 bridgehead atoms. The first-order chi connectivity index (χ1) is 10.2. The van der Waals surface area contributed by atoms with E-state index >= 15 is 0 Å². The van der Waals surface area contributed by atoms with Crippen molar-refractivity contribution in [2.45, 2.75) is 13.0 Å². The van der Waals surface area contributed by atoms with E-state index < -0.39 is 0 Å². The van der Waals surface area contributed by atoms with E-state index in [2.05, 4.69) is 4.98 Å². The Morgan fingerprint density at radius 3 is 2.81 bits per heavy atom. The lowest BCUT2D eigenvalue weighted by Crippen LogP contribution is -2.11. The molecule has 2 rings (SSSR count). The summed E-state index contributed by atoms with van der Waals surface area (Å²) in [7, 11) is 1.60. The van der Waals surface area contributed by atoms with Gasteiger partial charge >= 0.3 is 0 Å². The molecule has 0 spiro atoms. The maximum atomic E-state index is 5.69. The first-order valence-corrected chi connectivity index (χ1v) is 7.06. The molecule has 0 saturated heterocycles. The third-order valence-corrected chi connectivity index (χ3v) is 3.25. The van der Waals surface area contributed by atoms with Gasteiger partial charge in [0.1, 0.15) is 10.7 Å². The molecule has 1 aromatic carbocycles. The van der Waals surface area contributed by atoms with Crippen molar-refractivity contribution in [3.8, 4) is 5.75 Å². The number of nitrogens with zero attached hydrogens (tertiary/aromatic N) is 1. The molecule has 1 heterocycles. The third-order valence-electron chi connectivity index (χ3n) is 3.03. The fourth-order valence-corrected chi connectivity index (χ4v) is 2.11. The smallest absolute Gasteiger partial charge is 0.129 e. The van der Waals surface area contributed by atoms with Crippen molar-refractivity contribution in [1.82, 2.24) is 4.98 Å². The molecule has 4 nitrogen and oxygen atoms in total. The van der Waals surface area contributed by atoms with Crippen molar-refractivity contribution in [2.24, 2.45) is 5.73 Å². The van der Waals surface area contributed by atoms with Crippen molar-refractivity contribution >= 4 is 17.2 Å². The van der Waals surface area contributed by atoms with Gasteiger partial charge in [-0.3, -0.25) is 4.98 Å². The number of methoxy groups -OCH3 is 1. The number of nitrogens with two attached hydrogens (primary N) is 1. The van der Waals surface area contributed by atoms with E-state index in [1.807, 2.05) is 36.4 Å². The van der Waals surface area contributed by atoms with Crippen LogP contribution in [-0.2, 0) is 17.8 Å². The topological polar surface area (TPSA) is 57.4 Å². The molecule has 2 aromatic rings. The zero-order chi connectivity index (χ0) is 15.1. The van der Waals surface area contributed by atoms with Crippen molar-refractivity contribution in [3.63, 3.8) is 0 Å². The van der Waals surface area contributed by atoms with Crippen LogP contribution >= 0.6 is 12.2 Å². The van der Waals surface area contributed by atoms with E-state index in [1.54, 1.807) is 13.3 Å². The van der Waals surface area contributed by atoms with Crippen molar-refractivity contribution < 1.29 is 9.47 Å². The van der Waals surface area contributed by atoms with Gasteiger partial charge in [-0.05, 0) is 29.8 Å². The predicted molar refractivity (Wildman–Crippen MR) is 86.5 cm³/mol. The summed E-state index contributed by atoms with van der Waals surface area (Å²) in [5.74, 6) is 0.680. The van der Waals surface area contributed by atoms with Crippen LogP contribution in [0.1, 0.15) is 16.8 Å². The fourth-order valence-electron chi connectivity index (χ4n) is 1.95. The van der Waals surface area contributed by atoms with Crippen LogP contribution in [0.25, 0.3) is 0 Å². The molecule has 0 radical (unpaired) electrons. The van der Waals surface area contributed by atoms with Gasteiger partial charge in [0, 0.05) is 18.3 Å². The summed E-state index contributed by atoms with van der Waals surface area (Å²) in [6, 6.07) is 11.6. The lowest BCUT2D eigenvalue weighted by molar-refractivity contribution is 0.123. The summed E-state index contributed by atoms with van der Waals surface area (Å²) < 4.78 is 10.9. The summed E-state index contributed by atoms with van der Waals surface area (Å²) >= 11 is 5.02. The average Bonchev–Trinajstić information content (AvgIpc) is 2.52. The monoisotopic (exact) mass is 302 g/mol. The predicted octanol–water partition coefficient (Wildman–Crippen LogP) is 2.48. The average molecular weight is 302 g/mol. The lowest BCUT2D eigenvalue weighted by atomic mass is 10.1. The Balaban J connectivity index is 1.88. The number of aromatic nitrogens is 1. The Kier molecular flexibility index (Phi) is 5.66. The molecule has 5 heteroatoms. The number of ether oxygens (including phenoxy) is 2. The molecule has 0 saturated carbocycles. The summed E-state index contributed by atoms with van der Waals surface area (Å²) in [6.07, 6.45) is 2.58. The van der Waals surface area contributed by atoms with E-state index in [0.29, 0.717) is 24.0 Å². The highest BCUT2D eigenvalue weighted by Gasteiger charge is 2.07.